The van der Waals surface area contributed by atoms with E-state index in [1.54, 1.807) is 16.4 Å². The van der Waals surface area contributed by atoms with Crippen molar-refractivity contribution in [3.63, 3.8) is 0 Å². The maximum Gasteiger partial charge on any atom is 0.244 e. The summed E-state index contributed by atoms with van der Waals surface area (Å²) in [6.45, 7) is 1.20. The van der Waals surface area contributed by atoms with Gasteiger partial charge < -0.3 is 5.73 Å². The third-order valence-corrected chi connectivity index (χ3v) is 6.03. The molecule has 1 aromatic carbocycles. The zero-order valence-corrected chi connectivity index (χ0v) is 12.5. The molecule has 100 valence electrons. The topological polar surface area (TPSA) is 63.4 Å². The molecule has 0 spiro atoms. The molecule has 1 aromatic rings. The number of rotatable bonds is 2. The van der Waals surface area contributed by atoms with E-state index in [4.69, 9.17) is 5.73 Å². The van der Waals surface area contributed by atoms with E-state index < -0.39 is 10.0 Å². The Morgan fingerprint density at radius 2 is 1.72 bits per heavy atom. The van der Waals surface area contributed by atoms with Crippen molar-refractivity contribution in [2.75, 3.05) is 18.8 Å². The van der Waals surface area contributed by atoms with Crippen molar-refractivity contribution < 1.29 is 8.42 Å². The van der Waals surface area contributed by atoms with E-state index in [9.17, 15) is 8.42 Å². The van der Waals surface area contributed by atoms with Gasteiger partial charge in [0.2, 0.25) is 10.0 Å². The fourth-order valence-corrected chi connectivity index (χ4v) is 4.62. The maximum atomic E-state index is 12.6. The summed E-state index contributed by atoms with van der Waals surface area (Å²) in [5.74, 6) is 0. The standard InChI is InChI=1S/C12H17BrN2O2S/c13-11-6-5-10(14)9-12(11)18(16,17)15-7-3-1-2-4-8-15/h5-6,9H,1-4,7-8,14H2. The molecule has 6 heteroatoms. The number of nitrogens with two attached hydrogens (primary N) is 1. The van der Waals surface area contributed by atoms with Crippen LogP contribution < -0.4 is 5.73 Å². The van der Waals surface area contributed by atoms with Crippen LogP contribution in [0, 0.1) is 0 Å². The lowest BCUT2D eigenvalue weighted by molar-refractivity contribution is 0.423. The maximum absolute atomic E-state index is 12.6. The van der Waals surface area contributed by atoms with Gasteiger partial charge in [0.05, 0.1) is 4.90 Å². The fraction of sp³-hybridized carbons (Fsp3) is 0.500. The van der Waals surface area contributed by atoms with Gasteiger partial charge in [0.15, 0.2) is 0 Å². The Hall–Kier alpha value is -0.590. The largest absolute Gasteiger partial charge is 0.399 e. The Morgan fingerprint density at radius 1 is 1.11 bits per heavy atom. The Morgan fingerprint density at radius 3 is 2.33 bits per heavy atom. The van der Waals surface area contributed by atoms with E-state index in [2.05, 4.69) is 15.9 Å². The molecule has 1 aliphatic heterocycles. The molecule has 0 aromatic heterocycles. The summed E-state index contributed by atoms with van der Waals surface area (Å²) in [5, 5.41) is 0. The molecule has 2 rings (SSSR count). The van der Waals surface area contributed by atoms with Crippen LogP contribution in [0.2, 0.25) is 0 Å². The summed E-state index contributed by atoms with van der Waals surface area (Å²) in [6.07, 6.45) is 4.06. The Bertz CT molecular complexity index is 523. The number of sulfonamides is 1. The molecule has 4 nitrogen and oxygen atoms in total. The molecule has 0 saturated carbocycles. The number of benzene rings is 1. The van der Waals surface area contributed by atoms with E-state index in [0.29, 0.717) is 23.2 Å². The first-order valence-electron chi connectivity index (χ1n) is 6.07. The monoisotopic (exact) mass is 332 g/mol. The summed E-state index contributed by atoms with van der Waals surface area (Å²) in [5.41, 5.74) is 6.15. The summed E-state index contributed by atoms with van der Waals surface area (Å²) < 4.78 is 27.2. The second kappa shape index (κ2) is 5.59. The first-order chi connectivity index (χ1) is 8.51. The number of halogens is 1. The van der Waals surface area contributed by atoms with Gasteiger partial charge >= 0.3 is 0 Å². The minimum atomic E-state index is -3.43. The van der Waals surface area contributed by atoms with Gasteiger partial charge in [0.25, 0.3) is 0 Å². The van der Waals surface area contributed by atoms with E-state index in [1.807, 2.05) is 0 Å². The van der Waals surface area contributed by atoms with Crippen LogP contribution in [0.25, 0.3) is 0 Å². The SMILES string of the molecule is Nc1ccc(Br)c(S(=O)(=O)N2CCCCCC2)c1. The molecule has 1 aliphatic rings. The smallest absolute Gasteiger partial charge is 0.244 e. The van der Waals surface area contributed by atoms with Crippen molar-refractivity contribution in [3.8, 4) is 0 Å². The van der Waals surface area contributed by atoms with Gasteiger partial charge in [-0.05, 0) is 47.0 Å². The molecule has 2 N–H and O–H groups in total. The van der Waals surface area contributed by atoms with Crippen LogP contribution in [0.15, 0.2) is 27.6 Å². The van der Waals surface area contributed by atoms with Crippen LogP contribution >= 0.6 is 15.9 Å². The van der Waals surface area contributed by atoms with Crippen molar-refractivity contribution in [1.82, 2.24) is 4.31 Å². The highest BCUT2D eigenvalue weighted by Crippen LogP contribution is 2.28. The second-order valence-electron chi connectivity index (χ2n) is 4.51. The van der Waals surface area contributed by atoms with Gasteiger partial charge in [-0.1, -0.05) is 12.8 Å². The van der Waals surface area contributed by atoms with Gasteiger partial charge in [-0.15, -0.1) is 0 Å². The van der Waals surface area contributed by atoms with Gasteiger partial charge in [0, 0.05) is 23.2 Å². The number of hydrogen-bond donors (Lipinski definition) is 1. The predicted molar refractivity (Wildman–Crippen MR) is 75.8 cm³/mol. The third-order valence-electron chi connectivity index (χ3n) is 3.14. The van der Waals surface area contributed by atoms with E-state index in [-0.39, 0.29) is 4.90 Å². The van der Waals surface area contributed by atoms with Crippen LogP contribution in [-0.4, -0.2) is 25.8 Å². The molecule has 1 heterocycles. The number of nitrogens with zero attached hydrogens (tertiary/aromatic N) is 1. The Labute approximate surface area is 116 Å². The quantitative estimate of drug-likeness (QED) is 0.846. The van der Waals surface area contributed by atoms with E-state index in [1.165, 1.54) is 6.07 Å². The summed E-state index contributed by atoms with van der Waals surface area (Å²) in [6, 6.07) is 4.88. The molecule has 1 fully saturated rings. The van der Waals surface area contributed by atoms with Crippen molar-refractivity contribution >= 4 is 31.6 Å². The van der Waals surface area contributed by atoms with Crippen molar-refractivity contribution in [3.05, 3.63) is 22.7 Å². The zero-order chi connectivity index (χ0) is 13.2. The fourth-order valence-electron chi connectivity index (χ4n) is 2.14. The lowest BCUT2D eigenvalue weighted by atomic mass is 10.2. The summed E-state index contributed by atoms with van der Waals surface area (Å²) in [4.78, 5) is 0.268. The molecule has 1 saturated heterocycles. The number of hydrogen-bond acceptors (Lipinski definition) is 3. The van der Waals surface area contributed by atoms with Gasteiger partial charge in [-0.2, -0.15) is 4.31 Å². The highest BCUT2D eigenvalue weighted by Gasteiger charge is 2.27. The van der Waals surface area contributed by atoms with Crippen LogP contribution in [0.3, 0.4) is 0 Å². The molecular weight excluding hydrogens is 316 g/mol. The molecule has 0 unspecified atom stereocenters. The molecular formula is C12H17BrN2O2S. The average Bonchev–Trinajstić information content (AvgIpc) is 2.61. The molecule has 0 aliphatic carbocycles. The predicted octanol–water partition coefficient (Wildman–Crippen LogP) is 2.60. The number of anilines is 1. The van der Waals surface area contributed by atoms with Crippen molar-refractivity contribution in [1.29, 1.82) is 0 Å². The van der Waals surface area contributed by atoms with Crippen LogP contribution in [0.1, 0.15) is 25.7 Å². The zero-order valence-electron chi connectivity index (χ0n) is 10.1. The van der Waals surface area contributed by atoms with Crippen molar-refractivity contribution in [2.24, 2.45) is 0 Å². The summed E-state index contributed by atoms with van der Waals surface area (Å²) in [7, 11) is -3.43. The van der Waals surface area contributed by atoms with Crippen molar-refractivity contribution in [2.45, 2.75) is 30.6 Å². The van der Waals surface area contributed by atoms with Crippen LogP contribution in [-0.2, 0) is 10.0 Å². The third kappa shape index (κ3) is 2.87. The van der Waals surface area contributed by atoms with Gasteiger partial charge in [-0.25, -0.2) is 8.42 Å². The molecule has 0 bridgehead atoms. The minimum Gasteiger partial charge on any atom is -0.399 e. The second-order valence-corrected chi connectivity index (χ2v) is 7.27. The first kappa shape index (κ1) is 13.8. The molecule has 0 radical (unpaired) electrons. The summed E-state index contributed by atoms with van der Waals surface area (Å²) >= 11 is 3.29. The van der Waals surface area contributed by atoms with Gasteiger partial charge in [-0.3, -0.25) is 0 Å². The Balaban J connectivity index is 2.37. The highest BCUT2D eigenvalue weighted by molar-refractivity contribution is 9.10. The average molecular weight is 333 g/mol. The lowest BCUT2D eigenvalue weighted by Gasteiger charge is -2.20. The van der Waals surface area contributed by atoms with Crippen LogP contribution in [0.5, 0.6) is 0 Å². The molecule has 18 heavy (non-hydrogen) atoms. The highest BCUT2D eigenvalue weighted by atomic mass is 79.9. The van der Waals surface area contributed by atoms with E-state index in [0.717, 1.165) is 25.7 Å². The Kier molecular flexibility index (Phi) is 4.29. The lowest BCUT2D eigenvalue weighted by Crippen LogP contribution is -2.32. The molecule has 0 amide bonds. The molecule has 0 atom stereocenters. The first-order valence-corrected chi connectivity index (χ1v) is 8.30. The van der Waals surface area contributed by atoms with Gasteiger partial charge in [0.1, 0.15) is 0 Å². The van der Waals surface area contributed by atoms with Crippen LogP contribution in [0.4, 0.5) is 5.69 Å². The van der Waals surface area contributed by atoms with E-state index >= 15 is 0 Å². The number of nitrogen functional groups attached to an aromatic ring is 1. The minimum absolute atomic E-state index is 0.268. The normalized spacial score (nSPS) is 18.5.